The summed E-state index contributed by atoms with van der Waals surface area (Å²) < 4.78 is 37.8. The molecule has 3 nitrogen and oxygen atoms in total. The minimum atomic E-state index is -3.25. The second-order valence-corrected chi connectivity index (χ2v) is 8.97. The first-order chi connectivity index (χ1) is 10.5. The van der Waals surface area contributed by atoms with Crippen molar-refractivity contribution in [2.24, 2.45) is 11.8 Å². The molecule has 0 saturated heterocycles. The molecule has 0 aromatic heterocycles. The molecule has 1 aliphatic heterocycles. The van der Waals surface area contributed by atoms with Crippen molar-refractivity contribution in [3.8, 4) is 0 Å². The zero-order valence-corrected chi connectivity index (χ0v) is 13.8. The number of fused-ring (bicyclic) bond motifs is 1. The monoisotopic (exact) mass is 325 g/mol. The van der Waals surface area contributed by atoms with Crippen molar-refractivity contribution in [2.45, 2.75) is 50.0 Å². The van der Waals surface area contributed by atoms with Crippen LogP contribution in [0.15, 0.2) is 23.1 Å². The molecule has 1 N–H and O–H groups in total. The number of sulfone groups is 1. The third-order valence-electron chi connectivity index (χ3n) is 5.06. The zero-order chi connectivity index (χ0) is 15.7. The normalized spacial score (nSPS) is 30.7. The van der Waals surface area contributed by atoms with Gasteiger partial charge in [-0.05, 0) is 61.4 Å². The summed E-state index contributed by atoms with van der Waals surface area (Å²) in [4.78, 5) is 0.301. The van der Waals surface area contributed by atoms with Crippen LogP contribution >= 0.6 is 0 Å². The Kier molecular flexibility index (Phi) is 4.55. The van der Waals surface area contributed by atoms with Gasteiger partial charge in [0.15, 0.2) is 9.84 Å². The molecule has 0 unspecified atom stereocenters. The molecule has 5 heteroatoms. The lowest BCUT2D eigenvalue weighted by molar-refractivity contribution is 0.265. The Labute approximate surface area is 132 Å². The number of hydrogen-bond donors (Lipinski definition) is 1. The molecule has 1 fully saturated rings. The van der Waals surface area contributed by atoms with Crippen molar-refractivity contribution in [1.29, 1.82) is 0 Å². The van der Waals surface area contributed by atoms with Gasteiger partial charge < -0.3 is 5.32 Å². The van der Waals surface area contributed by atoms with Crippen LogP contribution in [-0.2, 0) is 9.84 Å². The average molecular weight is 325 g/mol. The highest BCUT2D eigenvalue weighted by Gasteiger charge is 2.31. The van der Waals surface area contributed by atoms with Crippen molar-refractivity contribution >= 4 is 9.84 Å². The predicted molar refractivity (Wildman–Crippen MR) is 84.9 cm³/mol. The third kappa shape index (κ3) is 3.35. The molecule has 1 saturated carbocycles. The van der Waals surface area contributed by atoms with Crippen LogP contribution in [0.25, 0.3) is 0 Å². The predicted octanol–water partition coefficient (Wildman–Crippen LogP) is 3.46. The first-order valence-electron chi connectivity index (χ1n) is 8.21. The highest BCUT2D eigenvalue weighted by atomic mass is 32.2. The summed E-state index contributed by atoms with van der Waals surface area (Å²) in [5.74, 6) is 1.20. The number of halogens is 1. The molecule has 1 aromatic carbocycles. The first-order valence-corrected chi connectivity index (χ1v) is 9.86. The fourth-order valence-corrected chi connectivity index (χ4v) is 5.48. The molecule has 22 heavy (non-hydrogen) atoms. The highest BCUT2D eigenvalue weighted by Crippen LogP contribution is 2.34. The van der Waals surface area contributed by atoms with Gasteiger partial charge in [0.05, 0.1) is 10.6 Å². The number of hydrogen-bond acceptors (Lipinski definition) is 3. The summed E-state index contributed by atoms with van der Waals surface area (Å²) in [5.41, 5.74) is 0.607. The highest BCUT2D eigenvalue weighted by molar-refractivity contribution is 7.91. The van der Waals surface area contributed by atoms with Crippen LogP contribution in [0.1, 0.15) is 50.6 Å². The summed E-state index contributed by atoms with van der Waals surface area (Å²) in [7, 11) is -3.25. The molecule has 0 spiro atoms. The molecule has 2 aliphatic rings. The maximum absolute atomic E-state index is 13.5. The molecule has 1 heterocycles. The Morgan fingerprint density at radius 3 is 2.86 bits per heavy atom. The van der Waals surface area contributed by atoms with Gasteiger partial charge in [-0.15, -0.1) is 0 Å². The molecule has 3 atom stereocenters. The molecule has 122 valence electrons. The van der Waals surface area contributed by atoms with Crippen LogP contribution in [0.4, 0.5) is 4.39 Å². The van der Waals surface area contributed by atoms with Crippen molar-refractivity contribution in [3.63, 3.8) is 0 Å². The first kappa shape index (κ1) is 15.9. The van der Waals surface area contributed by atoms with Gasteiger partial charge in [-0.1, -0.05) is 19.8 Å². The smallest absolute Gasteiger partial charge is 0.178 e. The number of benzene rings is 1. The Balaban J connectivity index is 1.74. The largest absolute Gasteiger partial charge is 0.310 e. The van der Waals surface area contributed by atoms with Crippen LogP contribution in [-0.4, -0.2) is 20.7 Å². The van der Waals surface area contributed by atoms with E-state index in [0.717, 1.165) is 12.5 Å². The minimum absolute atomic E-state index is 0.0496. The molecule has 1 aliphatic carbocycles. The fraction of sp³-hybridized carbons (Fsp3) is 0.647. The van der Waals surface area contributed by atoms with E-state index < -0.39 is 9.84 Å². The van der Waals surface area contributed by atoms with Gasteiger partial charge in [0.25, 0.3) is 0 Å². The second-order valence-electron chi connectivity index (χ2n) is 6.89. The van der Waals surface area contributed by atoms with Gasteiger partial charge in [0, 0.05) is 6.04 Å². The van der Waals surface area contributed by atoms with E-state index in [-0.39, 0.29) is 17.6 Å². The van der Waals surface area contributed by atoms with E-state index in [0.29, 0.717) is 22.8 Å². The number of rotatable bonds is 3. The van der Waals surface area contributed by atoms with Crippen LogP contribution in [0.5, 0.6) is 0 Å². The quantitative estimate of drug-likeness (QED) is 0.866. The Morgan fingerprint density at radius 1 is 1.27 bits per heavy atom. The van der Waals surface area contributed by atoms with Crippen LogP contribution in [0, 0.1) is 17.7 Å². The Hall–Kier alpha value is -0.940. The maximum Gasteiger partial charge on any atom is 0.178 e. The topological polar surface area (TPSA) is 46.2 Å². The lowest BCUT2D eigenvalue weighted by atomic mass is 9.82. The molecular formula is C17H24FNO2S. The third-order valence-corrected chi connectivity index (χ3v) is 6.87. The number of nitrogens with one attached hydrogen (secondary N) is 1. The van der Waals surface area contributed by atoms with E-state index >= 15 is 0 Å². The minimum Gasteiger partial charge on any atom is -0.310 e. The zero-order valence-electron chi connectivity index (χ0n) is 13.0. The second kappa shape index (κ2) is 6.28. The molecule has 1 aromatic rings. The summed E-state index contributed by atoms with van der Waals surface area (Å²) >= 11 is 0. The van der Waals surface area contributed by atoms with Crippen LogP contribution in [0.3, 0.4) is 0 Å². The van der Waals surface area contributed by atoms with Crippen LogP contribution < -0.4 is 5.32 Å². The summed E-state index contributed by atoms with van der Waals surface area (Å²) in [6.07, 6.45) is 5.58. The van der Waals surface area contributed by atoms with Gasteiger partial charge in [-0.2, -0.15) is 0 Å². The van der Waals surface area contributed by atoms with E-state index in [9.17, 15) is 12.8 Å². The SMILES string of the molecule is C[C@@H]1CCC[C@@H](CN[C@@H]2CCS(=O)(=O)c3ccc(F)cc32)C1. The van der Waals surface area contributed by atoms with Crippen molar-refractivity contribution < 1.29 is 12.8 Å². The van der Waals surface area contributed by atoms with Gasteiger partial charge in [0.1, 0.15) is 5.82 Å². The fourth-order valence-electron chi connectivity index (χ4n) is 3.88. The van der Waals surface area contributed by atoms with Crippen molar-refractivity contribution in [3.05, 3.63) is 29.6 Å². The van der Waals surface area contributed by atoms with Crippen molar-refractivity contribution in [2.75, 3.05) is 12.3 Å². The lowest BCUT2D eigenvalue weighted by Crippen LogP contribution is -2.34. The lowest BCUT2D eigenvalue weighted by Gasteiger charge is -2.31. The van der Waals surface area contributed by atoms with Crippen LogP contribution in [0.2, 0.25) is 0 Å². The summed E-state index contributed by atoms with van der Waals surface area (Å²) in [6.45, 7) is 3.19. The van der Waals surface area contributed by atoms with E-state index in [1.54, 1.807) is 0 Å². The molecule has 3 rings (SSSR count). The average Bonchev–Trinajstić information content (AvgIpc) is 2.46. The standard InChI is InChI=1S/C17H24FNO2S/c1-12-3-2-4-13(9-12)11-19-16-7-8-22(20,21)17-6-5-14(18)10-15(16)17/h5-6,10,12-13,16,19H,2-4,7-9,11H2,1H3/t12-,13-,16-/m1/s1. The Bertz CT molecular complexity index is 644. The molecular weight excluding hydrogens is 301 g/mol. The maximum atomic E-state index is 13.5. The van der Waals surface area contributed by atoms with Gasteiger partial charge >= 0.3 is 0 Å². The summed E-state index contributed by atoms with van der Waals surface area (Å²) in [5, 5.41) is 3.50. The van der Waals surface area contributed by atoms with Gasteiger partial charge in [-0.25, -0.2) is 12.8 Å². The van der Waals surface area contributed by atoms with E-state index in [1.165, 1.54) is 43.9 Å². The molecule has 0 bridgehead atoms. The van der Waals surface area contributed by atoms with Gasteiger partial charge in [0.2, 0.25) is 0 Å². The van der Waals surface area contributed by atoms with E-state index in [4.69, 9.17) is 0 Å². The van der Waals surface area contributed by atoms with Gasteiger partial charge in [-0.3, -0.25) is 0 Å². The summed E-state index contributed by atoms with van der Waals surface area (Å²) in [6, 6.07) is 3.98. The molecule has 0 radical (unpaired) electrons. The molecule has 0 amide bonds. The van der Waals surface area contributed by atoms with E-state index in [1.807, 2.05) is 0 Å². The Morgan fingerprint density at radius 2 is 2.09 bits per heavy atom. The van der Waals surface area contributed by atoms with Crippen molar-refractivity contribution in [1.82, 2.24) is 5.32 Å². The van der Waals surface area contributed by atoms with E-state index in [2.05, 4.69) is 12.2 Å².